The number of para-hydroxylation sites is 1. The number of carbonyl (C=O) groups is 1. The summed E-state index contributed by atoms with van der Waals surface area (Å²) in [4.78, 5) is 39.3. The second-order valence-electron chi connectivity index (χ2n) is 7.98. The van der Waals surface area contributed by atoms with Gasteiger partial charge in [-0.15, -0.1) is 0 Å². The zero-order valence-corrected chi connectivity index (χ0v) is 18.4. The molecule has 172 valence electrons. The number of fused-ring (bicyclic) bond motifs is 2. The Morgan fingerprint density at radius 2 is 1.59 bits per heavy atom. The Morgan fingerprint density at radius 1 is 0.853 bits per heavy atom. The Morgan fingerprint density at radius 3 is 2.41 bits per heavy atom. The zero-order valence-electron chi connectivity index (χ0n) is 18.4. The highest BCUT2D eigenvalue weighted by molar-refractivity contribution is 5.92. The van der Waals surface area contributed by atoms with Crippen molar-refractivity contribution in [1.29, 1.82) is 0 Å². The van der Waals surface area contributed by atoms with Gasteiger partial charge in [0.25, 0.3) is 5.56 Å². The quantitative estimate of drug-likeness (QED) is 0.481. The first-order chi connectivity index (χ1) is 16.6. The predicted molar refractivity (Wildman–Crippen MR) is 129 cm³/mol. The van der Waals surface area contributed by atoms with Crippen LogP contribution in [0.25, 0.3) is 10.9 Å². The van der Waals surface area contributed by atoms with Gasteiger partial charge in [0.2, 0.25) is 5.91 Å². The van der Waals surface area contributed by atoms with E-state index in [4.69, 9.17) is 9.47 Å². The molecule has 4 aromatic rings. The Hall–Kier alpha value is -4.33. The van der Waals surface area contributed by atoms with Crippen LogP contribution in [0.5, 0.6) is 11.5 Å². The van der Waals surface area contributed by atoms with Crippen molar-refractivity contribution in [1.82, 2.24) is 9.13 Å². The van der Waals surface area contributed by atoms with E-state index in [2.05, 4.69) is 5.32 Å². The van der Waals surface area contributed by atoms with Crippen LogP contribution >= 0.6 is 0 Å². The van der Waals surface area contributed by atoms with Gasteiger partial charge in [-0.1, -0.05) is 42.5 Å². The molecular weight excluding hydrogens is 434 g/mol. The van der Waals surface area contributed by atoms with Gasteiger partial charge in [0.05, 0.1) is 10.9 Å². The summed E-state index contributed by atoms with van der Waals surface area (Å²) >= 11 is 0. The summed E-state index contributed by atoms with van der Waals surface area (Å²) in [6.07, 6.45) is 0.526. The molecule has 1 aromatic heterocycles. The minimum Gasteiger partial charge on any atom is -0.486 e. The second kappa shape index (κ2) is 9.27. The Bertz CT molecular complexity index is 1470. The van der Waals surface area contributed by atoms with E-state index < -0.39 is 11.6 Å². The maximum Gasteiger partial charge on any atom is 0.331 e. The van der Waals surface area contributed by atoms with E-state index in [1.807, 2.05) is 30.3 Å². The second-order valence-corrected chi connectivity index (χ2v) is 7.98. The van der Waals surface area contributed by atoms with Gasteiger partial charge >= 0.3 is 5.69 Å². The lowest BCUT2D eigenvalue weighted by Gasteiger charge is -2.19. The van der Waals surface area contributed by atoms with E-state index in [0.717, 1.165) is 5.56 Å². The molecule has 0 saturated heterocycles. The van der Waals surface area contributed by atoms with Crippen LogP contribution in [0.3, 0.4) is 0 Å². The molecule has 34 heavy (non-hydrogen) atoms. The van der Waals surface area contributed by atoms with Crippen molar-refractivity contribution in [3.05, 3.63) is 99.2 Å². The fourth-order valence-corrected chi connectivity index (χ4v) is 4.07. The van der Waals surface area contributed by atoms with Crippen LogP contribution in [0.2, 0.25) is 0 Å². The third-order valence-corrected chi connectivity index (χ3v) is 5.73. The summed E-state index contributed by atoms with van der Waals surface area (Å²) in [6.45, 7) is 0.903. The minimum atomic E-state index is -0.517. The predicted octanol–water partition coefficient (Wildman–Crippen LogP) is 2.82. The zero-order chi connectivity index (χ0) is 23.5. The first-order valence-electron chi connectivity index (χ1n) is 11.1. The van der Waals surface area contributed by atoms with Gasteiger partial charge < -0.3 is 14.8 Å². The molecule has 1 aliphatic heterocycles. The van der Waals surface area contributed by atoms with Crippen molar-refractivity contribution >= 4 is 22.5 Å². The summed E-state index contributed by atoms with van der Waals surface area (Å²) in [7, 11) is 0. The molecule has 0 aliphatic carbocycles. The maximum absolute atomic E-state index is 13.3. The molecule has 0 bridgehead atoms. The molecule has 1 amide bonds. The standard InChI is InChI=1S/C26H23N3O5/c30-24(27-19-10-11-22-23(16-19)34-15-14-33-22)17-29-21-9-5-4-8-20(21)25(31)28(26(29)32)13-12-18-6-2-1-3-7-18/h1-11,16H,12-15,17H2,(H,27,30). The Labute approximate surface area is 195 Å². The number of amides is 1. The van der Waals surface area contributed by atoms with Gasteiger partial charge in [-0.25, -0.2) is 4.79 Å². The topological polar surface area (TPSA) is 91.6 Å². The number of carbonyl (C=O) groups excluding carboxylic acids is 1. The third kappa shape index (κ3) is 4.30. The van der Waals surface area contributed by atoms with Gasteiger partial charge in [0.15, 0.2) is 11.5 Å². The summed E-state index contributed by atoms with van der Waals surface area (Å²) < 4.78 is 13.6. The van der Waals surface area contributed by atoms with Gasteiger partial charge in [-0.2, -0.15) is 0 Å². The third-order valence-electron chi connectivity index (χ3n) is 5.73. The number of benzene rings is 3. The van der Waals surface area contributed by atoms with Gasteiger partial charge in [0, 0.05) is 18.3 Å². The van der Waals surface area contributed by atoms with Crippen molar-refractivity contribution < 1.29 is 14.3 Å². The fourth-order valence-electron chi connectivity index (χ4n) is 4.07. The van der Waals surface area contributed by atoms with E-state index in [0.29, 0.717) is 47.7 Å². The molecule has 2 heterocycles. The number of anilines is 1. The lowest BCUT2D eigenvalue weighted by atomic mass is 10.1. The van der Waals surface area contributed by atoms with Crippen LogP contribution in [0.15, 0.2) is 82.4 Å². The normalized spacial score (nSPS) is 12.5. The van der Waals surface area contributed by atoms with Crippen LogP contribution in [-0.4, -0.2) is 28.3 Å². The van der Waals surface area contributed by atoms with E-state index in [-0.39, 0.29) is 18.6 Å². The van der Waals surface area contributed by atoms with Gasteiger partial charge in [-0.05, 0) is 36.2 Å². The summed E-state index contributed by atoms with van der Waals surface area (Å²) in [5.41, 5.74) is 1.09. The average Bonchev–Trinajstić information content (AvgIpc) is 2.87. The summed E-state index contributed by atoms with van der Waals surface area (Å²) in [5, 5.41) is 3.19. The van der Waals surface area contributed by atoms with E-state index in [9.17, 15) is 14.4 Å². The number of nitrogens with one attached hydrogen (secondary N) is 1. The number of nitrogens with zero attached hydrogens (tertiary/aromatic N) is 2. The van der Waals surface area contributed by atoms with Gasteiger partial charge in [-0.3, -0.25) is 18.7 Å². The number of hydrogen-bond donors (Lipinski definition) is 1. The fraction of sp³-hybridized carbons (Fsp3) is 0.192. The Kier molecular flexibility index (Phi) is 5.86. The van der Waals surface area contributed by atoms with Crippen LogP contribution in [0, 0.1) is 0 Å². The van der Waals surface area contributed by atoms with E-state index in [1.165, 1.54) is 9.13 Å². The molecule has 8 heteroatoms. The molecule has 0 radical (unpaired) electrons. The molecule has 0 saturated carbocycles. The molecule has 0 fully saturated rings. The van der Waals surface area contributed by atoms with Crippen LogP contribution in [-0.2, 0) is 24.3 Å². The summed E-state index contributed by atoms with van der Waals surface area (Å²) in [6, 6.07) is 21.6. The smallest absolute Gasteiger partial charge is 0.331 e. The van der Waals surface area contributed by atoms with Crippen LogP contribution < -0.4 is 26.0 Å². The number of rotatable bonds is 6. The molecule has 1 aliphatic rings. The van der Waals surface area contributed by atoms with E-state index in [1.54, 1.807) is 42.5 Å². The average molecular weight is 457 g/mol. The van der Waals surface area contributed by atoms with Crippen molar-refractivity contribution in [2.75, 3.05) is 18.5 Å². The molecule has 3 aromatic carbocycles. The molecule has 5 rings (SSSR count). The highest BCUT2D eigenvalue weighted by atomic mass is 16.6. The van der Waals surface area contributed by atoms with Crippen molar-refractivity contribution in [2.45, 2.75) is 19.5 Å². The molecule has 8 nitrogen and oxygen atoms in total. The van der Waals surface area contributed by atoms with Crippen molar-refractivity contribution in [3.8, 4) is 11.5 Å². The van der Waals surface area contributed by atoms with Crippen molar-refractivity contribution in [2.24, 2.45) is 0 Å². The van der Waals surface area contributed by atoms with Crippen molar-refractivity contribution in [3.63, 3.8) is 0 Å². The largest absolute Gasteiger partial charge is 0.486 e. The Balaban J connectivity index is 1.44. The number of ether oxygens (including phenoxy) is 2. The lowest BCUT2D eigenvalue weighted by Crippen LogP contribution is -2.42. The first kappa shape index (κ1) is 21.5. The van der Waals surface area contributed by atoms with Crippen LogP contribution in [0.1, 0.15) is 5.56 Å². The highest BCUT2D eigenvalue weighted by Gasteiger charge is 2.17. The lowest BCUT2D eigenvalue weighted by molar-refractivity contribution is -0.116. The number of aryl methyl sites for hydroxylation is 1. The number of hydrogen-bond acceptors (Lipinski definition) is 5. The maximum atomic E-state index is 13.3. The van der Waals surface area contributed by atoms with Crippen LogP contribution in [0.4, 0.5) is 5.69 Å². The monoisotopic (exact) mass is 457 g/mol. The minimum absolute atomic E-state index is 0.219. The molecule has 0 atom stereocenters. The summed E-state index contributed by atoms with van der Waals surface area (Å²) in [5.74, 6) is 0.787. The molecule has 0 spiro atoms. The first-order valence-corrected chi connectivity index (χ1v) is 11.1. The molecular formula is C26H23N3O5. The number of aromatic nitrogens is 2. The molecule has 0 unspecified atom stereocenters. The molecule has 1 N–H and O–H groups in total. The SMILES string of the molecule is O=C(Cn1c(=O)n(CCc2ccccc2)c(=O)c2ccccc21)Nc1ccc2c(c1)OCCO2. The van der Waals surface area contributed by atoms with Gasteiger partial charge in [0.1, 0.15) is 19.8 Å². The highest BCUT2D eigenvalue weighted by Crippen LogP contribution is 2.32. The van der Waals surface area contributed by atoms with E-state index >= 15 is 0 Å².